The summed E-state index contributed by atoms with van der Waals surface area (Å²) in [5.41, 5.74) is 1.26. The molecule has 1 N–H and O–H groups in total. The van der Waals surface area contributed by atoms with E-state index in [1.807, 2.05) is 18.2 Å². The summed E-state index contributed by atoms with van der Waals surface area (Å²) in [5.74, 6) is -2.43. The van der Waals surface area contributed by atoms with E-state index in [1.165, 1.54) is 5.56 Å². The second-order valence-corrected chi connectivity index (χ2v) is 5.78. The van der Waals surface area contributed by atoms with Crippen LogP contribution in [0, 0.1) is 0 Å². The van der Waals surface area contributed by atoms with Crippen molar-refractivity contribution in [1.29, 1.82) is 0 Å². The van der Waals surface area contributed by atoms with Gasteiger partial charge in [-0.25, -0.2) is 8.78 Å². The summed E-state index contributed by atoms with van der Waals surface area (Å²) in [5, 5.41) is 3.38. The fourth-order valence-corrected chi connectivity index (χ4v) is 2.84. The normalized spacial score (nSPS) is 19.9. The molecule has 0 heterocycles. The van der Waals surface area contributed by atoms with Gasteiger partial charge in [-0.3, -0.25) is 0 Å². The molecular weight excluding hydrogens is 300 g/mol. The highest BCUT2D eigenvalue weighted by Crippen LogP contribution is 2.32. The van der Waals surface area contributed by atoms with Crippen molar-refractivity contribution in [1.82, 2.24) is 5.32 Å². The molecule has 0 aliphatic heterocycles. The molecule has 4 heteroatoms. The second kappa shape index (κ2) is 6.11. The Morgan fingerprint density at radius 1 is 1.22 bits per heavy atom. The van der Waals surface area contributed by atoms with Gasteiger partial charge in [0.05, 0.1) is 0 Å². The van der Waals surface area contributed by atoms with E-state index in [4.69, 9.17) is 0 Å². The molecule has 18 heavy (non-hydrogen) atoms. The van der Waals surface area contributed by atoms with Gasteiger partial charge in [-0.15, -0.1) is 0 Å². The van der Waals surface area contributed by atoms with Crippen molar-refractivity contribution in [2.75, 3.05) is 6.54 Å². The van der Waals surface area contributed by atoms with E-state index in [0.717, 1.165) is 17.4 Å². The van der Waals surface area contributed by atoms with Crippen LogP contribution in [-0.4, -0.2) is 18.5 Å². The first-order valence-electron chi connectivity index (χ1n) is 6.41. The number of rotatable bonds is 4. The van der Waals surface area contributed by atoms with E-state index < -0.39 is 5.92 Å². The maximum atomic E-state index is 13.0. The lowest BCUT2D eigenvalue weighted by molar-refractivity contribution is -0.0403. The van der Waals surface area contributed by atoms with Crippen molar-refractivity contribution in [3.05, 3.63) is 34.3 Å². The van der Waals surface area contributed by atoms with Crippen molar-refractivity contribution < 1.29 is 8.78 Å². The second-order valence-electron chi connectivity index (χ2n) is 4.93. The molecule has 1 fully saturated rings. The lowest BCUT2D eigenvalue weighted by atomic mass is 9.92. The summed E-state index contributed by atoms with van der Waals surface area (Å²) < 4.78 is 27.1. The van der Waals surface area contributed by atoms with Gasteiger partial charge < -0.3 is 5.32 Å². The maximum absolute atomic E-state index is 13.0. The lowest BCUT2D eigenvalue weighted by Gasteiger charge is -2.29. The first-order valence-corrected chi connectivity index (χ1v) is 7.21. The third-order valence-electron chi connectivity index (χ3n) is 3.50. The van der Waals surface area contributed by atoms with Crippen LogP contribution in [0.5, 0.6) is 0 Å². The zero-order chi connectivity index (χ0) is 13.0. The minimum Gasteiger partial charge on any atom is -0.314 e. The molecule has 1 aromatic carbocycles. The van der Waals surface area contributed by atoms with Crippen molar-refractivity contribution in [2.24, 2.45) is 0 Å². The summed E-state index contributed by atoms with van der Waals surface area (Å²) >= 11 is 3.51. The van der Waals surface area contributed by atoms with Crippen LogP contribution in [0.2, 0.25) is 0 Å². The summed E-state index contributed by atoms with van der Waals surface area (Å²) in [6.07, 6.45) is 2.15. The molecule has 0 atom stereocenters. The van der Waals surface area contributed by atoms with Crippen molar-refractivity contribution >= 4 is 15.9 Å². The number of alkyl halides is 2. The largest absolute Gasteiger partial charge is 0.314 e. The number of halogens is 3. The lowest BCUT2D eigenvalue weighted by Crippen LogP contribution is -2.37. The quantitative estimate of drug-likeness (QED) is 0.879. The van der Waals surface area contributed by atoms with Gasteiger partial charge in [0.25, 0.3) is 0 Å². The number of hydrogen-bond acceptors (Lipinski definition) is 1. The molecule has 1 aromatic rings. The molecule has 2 rings (SSSR count). The topological polar surface area (TPSA) is 12.0 Å². The van der Waals surface area contributed by atoms with Gasteiger partial charge in [-0.2, -0.15) is 0 Å². The molecule has 0 aromatic heterocycles. The van der Waals surface area contributed by atoms with Crippen LogP contribution in [0.15, 0.2) is 28.7 Å². The van der Waals surface area contributed by atoms with Gasteiger partial charge in [-0.1, -0.05) is 34.1 Å². The van der Waals surface area contributed by atoms with Crippen molar-refractivity contribution in [3.63, 3.8) is 0 Å². The van der Waals surface area contributed by atoms with E-state index >= 15 is 0 Å². The van der Waals surface area contributed by atoms with E-state index in [2.05, 4.69) is 27.3 Å². The van der Waals surface area contributed by atoms with Gasteiger partial charge in [0.1, 0.15) is 0 Å². The van der Waals surface area contributed by atoms with Gasteiger partial charge in [-0.05, 0) is 37.4 Å². The molecule has 0 bridgehead atoms. The van der Waals surface area contributed by atoms with E-state index in [0.29, 0.717) is 12.8 Å². The Kier molecular flexibility index (Phi) is 4.73. The first kappa shape index (κ1) is 13.9. The van der Waals surface area contributed by atoms with Crippen LogP contribution in [0.3, 0.4) is 0 Å². The summed E-state index contributed by atoms with van der Waals surface area (Å²) in [4.78, 5) is 0. The Morgan fingerprint density at radius 3 is 2.56 bits per heavy atom. The zero-order valence-corrected chi connectivity index (χ0v) is 11.8. The fourth-order valence-electron chi connectivity index (χ4n) is 2.36. The smallest absolute Gasteiger partial charge is 0.248 e. The van der Waals surface area contributed by atoms with Crippen LogP contribution < -0.4 is 5.32 Å². The van der Waals surface area contributed by atoms with Crippen LogP contribution in [0.1, 0.15) is 31.2 Å². The first-order chi connectivity index (χ1) is 8.57. The molecule has 1 aliphatic rings. The van der Waals surface area contributed by atoms with Crippen LogP contribution >= 0.6 is 15.9 Å². The molecule has 1 saturated carbocycles. The number of nitrogens with one attached hydrogen (secondary N) is 1. The summed E-state index contributed by atoms with van der Waals surface area (Å²) in [6, 6.07) is 8.37. The molecular formula is C14H18BrF2N. The Bertz CT molecular complexity index is 385. The molecule has 0 amide bonds. The number of benzene rings is 1. The highest BCUT2D eigenvalue weighted by Gasteiger charge is 2.34. The predicted molar refractivity (Wildman–Crippen MR) is 73.1 cm³/mol. The number of hydrogen-bond donors (Lipinski definition) is 1. The minimum absolute atomic E-state index is 0.0275. The molecule has 0 saturated heterocycles. The third kappa shape index (κ3) is 4.02. The Hall–Kier alpha value is -0.480. The van der Waals surface area contributed by atoms with Crippen LogP contribution in [0.4, 0.5) is 8.78 Å². The molecule has 0 unspecified atom stereocenters. The van der Waals surface area contributed by atoms with E-state index in [1.54, 1.807) is 0 Å². The fraction of sp³-hybridized carbons (Fsp3) is 0.571. The van der Waals surface area contributed by atoms with Crippen molar-refractivity contribution in [2.45, 2.75) is 44.1 Å². The average Bonchev–Trinajstić information content (AvgIpc) is 2.34. The van der Waals surface area contributed by atoms with Gasteiger partial charge >= 0.3 is 0 Å². The van der Waals surface area contributed by atoms with E-state index in [9.17, 15) is 8.78 Å². The van der Waals surface area contributed by atoms with Crippen LogP contribution in [0.25, 0.3) is 0 Å². The highest BCUT2D eigenvalue weighted by atomic mass is 79.9. The van der Waals surface area contributed by atoms with Crippen LogP contribution in [-0.2, 0) is 6.42 Å². The molecule has 100 valence electrons. The minimum atomic E-state index is -2.43. The standard InChI is InChI=1S/C14H18BrF2N/c15-13-4-2-1-3-11(13)7-10-18-12-5-8-14(16,17)9-6-12/h1-4,12,18H,5-10H2. The zero-order valence-electron chi connectivity index (χ0n) is 10.3. The molecule has 0 radical (unpaired) electrons. The third-order valence-corrected chi connectivity index (χ3v) is 4.28. The van der Waals surface area contributed by atoms with Crippen molar-refractivity contribution in [3.8, 4) is 0 Å². The Labute approximate surface area is 115 Å². The monoisotopic (exact) mass is 317 g/mol. The molecule has 1 nitrogen and oxygen atoms in total. The maximum Gasteiger partial charge on any atom is 0.248 e. The molecule has 1 aliphatic carbocycles. The Balaban J connectivity index is 1.72. The highest BCUT2D eigenvalue weighted by molar-refractivity contribution is 9.10. The van der Waals surface area contributed by atoms with Gasteiger partial charge in [0, 0.05) is 23.4 Å². The average molecular weight is 318 g/mol. The molecule has 0 spiro atoms. The summed E-state index contributed by atoms with van der Waals surface area (Å²) in [6.45, 7) is 0.846. The van der Waals surface area contributed by atoms with Gasteiger partial charge in [0.2, 0.25) is 5.92 Å². The van der Waals surface area contributed by atoms with E-state index in [-0.39, 0.29) is 18.9 Å². The predicted octanol–water partition coefficient (Wildman–Crippen LogP) is 4.16. The Morgan fingerprint density at radius 2 is 1.89 bits per heavy atom. The summed E-state index contributed by atoms with van der Waals surface area (Å²) in [7, 11) is 0. The SMILES string of the molecule is FC1(F)CCC(NCCc2ccccc2Br)CC1. The van der Waals surface area contributed by atoms with Gasteiger partial charge in [0.15, 0.2) is 0 Å².